The molecule has 3 saturated heterocycles. The third-order valence-electron chi connectivity index (χ3n) is 10.5. The second kappa shape index (κ2) is 24.5. The topological polar surface area (TPSA) is 350 Å². The monoisotopic (exact) mass is 912 g/mol. The van der Waals surface area contributed by atoms with Gasteiger partial charge in [0.15, 0.2) is 19.2 Å². The van der Waals surface area contributed by atoms with E-state index in [9.17, 15) is 70.9 Å². The standard InChI is InChI=1S/C37H57N3O19S2/c1-55-17-39-27-22(45)12-37(36(53)54,58-33(27)29(50)24(47)14-41)59-34-30(51)26(16-43)56-35(31(34)52)57-32(25(48)15-42)28(49)23(46)13-38-19-5-4-6-20(11-19)40(18-44)9-3-2-7-21-8-10-60-61-21/h4-6,11,17,21-35,38,41-43,45-52H,2-3,7-10,12-16H2,1H3/p+1. The second-order valence-corrected chi connectivity index (χ2v) is 17.6. The first-order valence-electron chi connectivity index (χ1n) is 19.6. The Kier molecular flexibility index (Phi) is 20.5. The quantitative estimate of drug-likeness (QED) is 0.0119. The average molecular weight is 913 g/mol. The molecular formula is C37H58N3O19S2+. The van der Waals surface area contributed by atoms with Crippen molar-refractivity contribution < 1.29 is 99.1 Å². The highest BCUT2D eigenvalue weighted by atomic mass is 33.1. The molecule has 1 aromatic rings. The maximum atomic E-state index is 12.8. The van der Waals surface area contributed by atoms with Gasteiger partial charge in [-0.3, -0.25) is 0 Å². The van der Waals surface area contributed by atoms with Crippen molar-refractivity contribution in [1.82, 2.24) is 0 Å². The van der Waals surface area contributed by atoms with Crippen LogP contribution in [0.4, 0.5) is 11.4 Å². The molecule has 61 heavy (non-hydrogen) atoms. The number of carboxylic acid groups (broad SMARTS) is 1. The van der Waals surface area contributed by atoms with Crippen LogP contribution in [0.5, 0.6) is 0 Å². The van der Waals surface area contributed by atoms with Crippen molar-refractivity contribution in [2.24, 2.45) is 4.99 Å². The average Bonchev–Trinajstić information content (AvgIpc) is 3.79. The smallest absolute Gasteiger partial charge is 0.430 e. The van der Waals surface area contributed by atoms with E-state index in [0.717, 1.165) is 31.4 Å². The van der Waals surface area contributed by atoms with Gasteiger partial charge in [0.2, 0.25) is 5.69 Å². The fourth-order valence-corrected chi connectivity index (χ4v) is 10.1. The van der Waals surface area contributed by atoms with Crippen LogP contribution < -0.4 is 5.32 Å². The Labute approximate surface area is 358 Å². The maximum absolute atomic E-state index is 12.8. The van der Waals surface area contributed by atoms with E-state index in [1.807, 2.05) is 27.7 Å². The van der Waals surface area contributed by atoms with Crippen molar-refractivity contribution in [1.29, 1.82) is 0 Å². The molecule has 13 N–H and O–H groups in total. The minimum Gasteiger partial charge on any atom is -0.487 e. The molecule has 3 aliphatic rings. The van der Waals surface area contributed by atoms with Crippen molar-refractivity contribution in [3.63, 3.8) is 0 Å². The lowest BCUT2D eigenvalue weighted by atomic mass is 9.88. The van der Waals surface area contributed by atoms with E-state index in [1.54, 1.807) is 24.3 Å². The number of aliphatic imine (C=N–C) groups is 1. The highest BCUT2D eigenvalue weighted by Gasteiger charge is 2.59. The van der Waals surface area contributed by atoms with Gasteiger partial charge in [0.1, 0.15) is 67.1 Å². The number of nitrogens with zero attached hydrogens (tertiary/aromatic N) is 2. The first-order valence-corrected chi connectivity index (χ1v) is 22.0. The molecule has 3 aliphatic heterocycles. The Morgan fingerprint density at radius 2 is 1.82 bits per heavy atom. The van der Waals surface area contributed by atoms with Gasteiger partial charge in [0.25, 0.3) is 5.79 Å². The maximum Gasteiger partial charge on any atom is 0.430 e. The Morgan fingerprint density at radius 3 is 2.44 bits per heavy atom. The molecule has 0 bridgehead atoms. The Balaban J connectivity index is 1.48. The number of carbonyl (C=O) groups excluding carboxylic acids is 1. The van der Waals surface area contributed by atoms with Crippen molar-refractivity contribution in [2.45, 2.75) is 129 Å². The lowest BCUT2D eigenvalue weighted by molar-refractivity contribution is -0.438. The zero-order valence-corrected chi connectivity index (χ0v) is 34.9. The van der Waals surface area contributed by atoms with Crippen molar-refractivity contribution in [3.05, 3.63) is 24.3 Å². The van der Waals surface area contributed by atoms with E-state index >= 15 is 0 Å². The lowest BCUT2D eigenvalue weighted by Gasteiger charge is -2.49. The Morgan fingerprint density at radius 1 is 1.08 bits per heavy atom. The number of carbonyl (C=O) groups is 1. The van der Waals surface area contributed by atoms with E-state index < -0.39 is 130 Å². The number of aliphatic carboxylic acids is 1. The third-order valence-corrected chi connectivity index (χ3v) is 13.5. The number of nitrogens with one attached hydrogen (secondary N) is 1. The zero-order valence-electron chi connectivity index (χ0n) is 33.3. The summed E-state index contributed by atoms with van der Waals surface area (Å²) in [6.45, 7) is -3.05. The van der Waals surface area contributed by atoms with E-state index in [1.165, 1.54) is 18.1 Å². The van der Waals surface area contributed by atoms with Crippen LogP contribution in [0.2, 0.25) is 0 Å². The van der Waals surface area contributed by atoms with Gasteiger partial charge in [0, 0.05) is 48.2 Å². The van der Waals surface area contributed by atoms with Crippen LogP contribution in [-0.2, 0) is 33.3 Å². The molecule has 1 aromatic carbocycles. The van der Waals surface area contributed by atoms with Gasteiger partial charge in [-0.25, -0.2) is 9.79 Å². The summed E-state index contributed by atoms with van der Waals surface area (Å²) in [5, 5.41) is 131. The summed E-state index contributed by atoms with van der Waals surface area (Å²) in [6, 6.07) is 5.11. The molecule has 0 aromatic heterocycles. The van der Waals surface area contributed by atoms with Crippen LogP contribution in [0, 0.1) is 0 Å². The molecule has 3 heterocycles. The second-order valence-electron chi connectivity index (χ2n) is 14.8. The summed E-state index contributed by atoms with van der Waals surface area (Å²) >= 11 is 0. The largest absolute Gasteiger partial charge is 0.487 e. The van der Waals surface area contributed by atoms with E-state index in [2.05, 4.69) is 10.3 Å². The zero-order chi connectivity index (χ0) is 44.9. The van der Waals surface area contributed by atoms with Gasteiger partial charge >= 0.3 is 12.0 Å². The molecule has 4 rings (SSSR count). The first-order chi connectivity index (χ1) is 29.1. The molecule has 16 atom stereocenters. The number of methoxy groups -OCH3 is 1. The molecule has 346 valence electrons. The number of rotatable bonds is 24. The molecule has 3 fully saturated rings. The number of aliphatic hydroxyl groups is 11. The highest BCUT2D eigenvalue weighted by molar-refractivity contribution is 8.77. The molecule has 0 spiro atoms. The van der Waals surface area contributed by atoms with E-state index in [4.69, 9.17) is 23.7 Å². The van der Waals surface area contributed by atoms with Gasteiger partial charge in [-0.2, -0.15) is 4.79 Å². The number of aliphatic hydroxyl groups excluding tert-OH is 11. The molecule has 0 aliphatic carbocycles. The van der Waals surface area contributed by atoms with Crippen LogP contribution in [0.25, 0.3) is 0 Å². The number of unbranched alkanes of at least 4 members (excludes halogenated alkanes) is 1. The summed E-state index contributed by atoms with van der Waals surface area (Å²) < 4.78 is 28.6. The minimum atomic E-state index is -3.04. The molecule has 24 heteroatoms. The van der Waals surface area contributed by atoms with Crippen molar-refractivity contribution in [2.75, 3.05) is 51.1 Å². The Hall–Kier alpha value is -2.56. The molecule has 0 amide bonds. The predicted octanol–water partition coefficient (Wildman–Crippen LogP) is -3.63. The number of carboxylic acids is 1. The van der Waals surface area contributed by atoms with Gasteiger partial charge < -0.3 is 90.3 Å². The number of isocyanates is 1. The molecular weight excluding hydrogens is 855 g/mol. The number of ether oxygens (including phenoxy) is 5. The van der Waals surface area contributed by atoms with Crippen LogP contribution in [0.15, 0.2) is 29.3 Å². The van der Waals surface area contributed by atoms with Crippen LogP contribution in [0.1, 0.15) is 32.1 Å². The minimum absolute atomic E-state index is 0.392. The highest BCUT2D eigenvalue weighted by Crippen LogP contribution is 2.40. The molecule has 16 unspecified atom stereocenters. The predicted molar refractivity (Wildman–Crippen MR) is 215 cm³/mol. The normalized spacial score (nSPS) is 32.4. The number of hydrogen-bond donors (Lipinski definition) is 13. The number of benzene rings is 1. The summed E-state index contributed by atoms with van der Waals surface area (Å²) in [4.78, 5) is 28.5. The third kappa shape index (κ3) is 13.2. The van der Waals surface area contributed by atoms with Gasteiger partial charge in [-0.05, 0) is 25.3 Å². The molecule has 0 saturated carbocycles. The van der Waals surface area contributed by atoms with Gasteiger partial charge in [-0.15, -0.1) is 4.58 Å². The number of anilines is 1. The first kappa shape index (κ1) is 51.1. The lowest BCUT2D eigenvalue weighted by Crippen LogP contribution is -2.68. The van der Waals surface area contributed by atoms with Crippen molar-refractivity contribution >= 4 is 51.4 Å². The Bertz CT molecular complexity index is 1590. The summed E-state index contributed by atoms with van der Waals surface area (Å²) in [7, 11) is 4.96. The fraction of sp³-hybridized carbons (Fsp3) is 0.757. The SMILES string of the molecule is COC=NC1C(O)CC(OC2C(O)C(CO)OC(OC(C(O)CO)C(O)C(O)CNc3cccc([N+](=C=O)CCCCC4CCSS4)c3)C2O)(C(=O)O)OC1C(O)C(O)CO. The molecule has 0 radical (unpaired) electrons. The van der Waals surface area contributed by atoms with Crippen LogP contribution in [-0.4, -0.2) is 227 Å². The van der Waals surface area contributed by atoms with Gasteiger partial charge in [-0.1, -0.05) is 27.7 Å². The summed E-state index contributed by atoms with van der Waals surface area (Å²) in [6.07, 6.45) is -20.1. The van der Waals surface area contributed by atoms with Crippen LogP contribution >= 0.6 is 21.6 Å². The molecule has 22 nitrogen and oxygen atoms in total. The van der Waals surface area contributed by atoms with Crippen LogP contribution in [0.3, 0.4) is 0 Å². The van der Waals surface area contributed by atoms with Crippen molar-refractivity contribution in [3.8, 4) is 0 Å². The summed E-state index contributed by atoms with van der Waals surface area (Å²) in [5.41, 5.74) is 0.944. The fourth-order valence-electron chi connectivity index (χ4n) is 7.09. The van der Waals surface area contributed by atoms with E-state index in [0.29, 0.717) is 23.2 Å². The summed E-state index contributed by atoms with van der Waals surface area (Å²) in [5.74, 6) is -3.86. The van der Waals surface area contributed by atoms with E-state index in [-0.39, 0.29) is 0 Å². The number of hydrogen-bond acceptors (Lipinski definition) is 22. The van der Waals surface area contributed by atoms with Gasteiger partial charge in [0.05, 0.1) is 39.1 Å².